The van der Waals surface area contributed by atoms with E-state index in [-0.39, 0.29) is 23.4 Å². The van der Waals surface area contributed by atoms with E-state index in [1.165, 1.54) is 7.05 Å². The Kier molecular flexibility index (Phi) is 5.39. The van der Waals surface area contributed by atoms with Crippen molar-refractivity contribution in [3.63, 3.8) is 0 Å². The number of carbonyl (C=O) groups excluding carboxylic acids is 1. The predicted molar refractivity (Wildman–Crippen MR) is 117 cm³/mol. The van der Waals surface area contributed by atoms with Crippen LogP contribution in [0.2, 0.25) is 0 Å². The van der Waals surface area contributed by atoms with Crippen LogP contribution in [-0.2, 0) is 10.8 Å². The lowest BCUT2D eigenvalue weighted by molar-refractivity contribution is -0.466. The Bertz CT molecular complexity index is 1490. The molecule has 0 saturated heterocycles. The molecule has 0 saturated carbocycles. The molecule has 0 atom stereocenters. The number of amides is 1. The smallest absolute Gasteiger partial charge is 0.354 e. The zero-order valence-electron chi connectivity index (χ0n) is 18.1. The van der Waals surface area contributed by atoms with Gasteiger partial charge >= 0.3 is 12.0 Å². The van der Waals surface area contributed by atoms with Crippen LogP contribution in [0, 0.1) is 5.82 Å². The Morgan fingerprint density at radius 2 is 1.89 bits per heavy atom. The molecular formula is C22H15F5N6O3. The minimum Gasteiger partial charge on any atom is -0.354 e. The van der Waals surface area contributed by atoms with Crippen LogP contribution in [-0.4, -0.2) is 34.0 Å². The van der Waals surface area contributed by atoms with Crippen molar-refractivity contribution < 1.29 is 36.5 Å². The Labute approximate surface area is 198 Å². The third-order valence-electron chi connectivity index (χ3n) is 5.30. The second kappa shape index (κ2) is 8.34. The van der Waals surface area contributed by atoms with Gasteiger partial charge in [0.25, 0.3) is 5.91 Å². The van der Waals surface area contributed by atoms with E-state index in [1.807, 2.05) is 0 Å². The summed E-state index contributed by atoms with van der Waals surface area (Å²) in [5.41, 5.74) is 0.297. The Hall–Kier alpha value is -4.46. The molecule has 0 spiro atoms. The molecule has 2 aromatic carbocycles. The van der Waals surface area contributed by atoms with Crippen molar-refractivity contribution in [3.8, 4) is 5.75 Å². The van der Waals surface area contributed by atoms with Crippen LogP contribution in [0.15, 0.2) is 48.7 Å². The summed E-state index contributed by atoms with van der Waals surface area (Å²) < 4.78 is 69.0. The molecule has 0 fully saturated rings. The fourth-order valence-electron chi connectivity index (χ4n) is 3.52. The lowest BCUT2D eigenvalue weighted by Crippen LogP contribution is -2.44. The van der Waals surface area contributed by atoms with Gasteiger partial charge < -0.3 is 25.8 Å². The van der Waals surface area contributed by atoms with Crippen molar-refractivity contribution in [3.05, 3.63) is 65.7 Å². The fourth-order valence-corrected chi connectivity index (χ4v) is 3.52. The molecule has 4 aromatic rings. The number of rotatable bonds is 5. The number of aromatic amines is 1. The molecule has 3 heterocycles. The van der Waals surface area contributed by atoms with Crippen molar-refractivity contribution in [1.29, 1.82) is 0 Å². The maximum absolute atomic E-state index is 14.4. The number of aromatic nitrogens is 3. The van der Waals surface area contributed by atoms with E-state index in [2.05, 4.69) is 40.7 Å². The number of hydrogen-bond acceptors (Lipinski definition) is 7. The number of nitrogens with zero attached hydrogens (tertiary/aromatic N) is 2. The number of anilines is 4. The van der Waals surface area contributed by atoms with Gasteiger partial charge in [0.1, 0.15) is 5.69 Å². The first-order valence-corrected chi connectivity index (χ1v) is 10.3. The maximum Gasteiger partial charge on any atom is 0.459 e. The Morgan fingerprint density at radius 1 is 1.08 bits per heavy atom. The molecular weight excluding hydrogens is 491 g/mol. The summed E-state index contributed by atoms with van der Waals surface area (Å²) in [6.45, 7) is 0. The van der Waals surface area contributed by atoms with E-state index in [0.29, 0.717) is 23.0 Å². The molecule has 1 aliphatic heterocycles. The predicted octanol–water partition coefficient (Wildman–Crippen LogP) is 4.95. The Balaban J connectivity index is 1.42. The van der Waals surface area contributed by atoms with E-state index < -0.39 is 29.2 Å². The van der Waals surface area contributed by atoms with Crippen molar-refractivity contribution in [1.82, 2.24) is 20.3 Å². The molecule has 14 heteroatoms. The minimum absolute atomic E-state index is 0.00334. The lowest BCUT2D eigenvalue weighted by Gasteiger charge is -2.30. The van der Waals surface area contributed by atoms with Gasteiger partial charge in [-0.2, -0.15) is 22.5 Å². The molecule has 5 rings (SSSR count). The fraction of sp³-hybridized carbons (Fsp3) is 0.136. The van der Waals surface area contributed by atoms with E-state index >= 15 is 0 Å². The van der Waals surface area contributed by atoms with Crippen LogP contribution in [0.1, 0.15) is 16.1 Å². The highest BCUT2D eigenvalue weighted by Crippen LogP contribution is 2.51. The quantitative estimate of drug-likeness (QED) is 0.224. The molecule has 0 unspecified atom stereocenters. The summed E-state index contributed by atoms with van der Waals surface area (Å²) in [6, 6.07) is 9.52. The minimum atomic E-state index is -4.85. The highest BCUT2D eigenvalue weighted by molar-refractivity contribution is 6.01. The zero-order chi connectivity index (χ0) is 25.7. The average molecular weight is 506 g/mol. The van der Waals surface area contributed by atoms with Crippen LogP contribution in [0.5, 0.6) is 5.75 Å². The summed E-state index contributed by atoms with van der Waals surface area (Å²) in [6.07, 6.45) is -3.98. The van der Waals surface area contributed by atoms with Crippen molar-refractivity contribution in [2.75, 3.05) is 17.7 Å². The van der Waals surface area contributed by atoms with E-state index in [9.17, 15) is 26.7 Å². The van der Waals surface area contributed by atoms with Gasteiger partial charge in [0, 0.05) is 24.2 Å². The van der Waals surface area contributed by atoms with Gasteiger partial charge in [-0.3, -0.25) is 4.79 Å². The molecule has 9 nitrogen and oxygen atoms in total. The number of para-hydroxylation sites is 1. The van der Waals surface area contributed by atoms with Crippen LogP contribution in [0.25, 0.3) is 10.9 Å². The zero-order valence-corrected chi connectivity index (χ0v) is 18.1. The SMILES string of the molecule is CNC(=O)c1cc2cccc(Nc3ncc(F)c(Nc4ccc5c(c4)OOC(F)(F)C5(F)F)n3)c2[nH]1. The third kappa shape index (κ3) is 3.90. The number of alkyl halides is 4. The molecule has 1 amide bonds. The highest BCUT2D eigenvalue weighted by Gasteiger charge is 2.64. The second-order valence-corrected chi connectivity index (χ2v) is 7.64. The van der Waals surface area contributed by atoms with Gasteiger partial charge in [-0.05, 0) is 24.3 Å². The van der Waals surface area contributed by atoms with Gasteiger partial charge in [-0.1, -0.05) is 12.1 Å². The number of carbonyl (C=O) groups is 1. The van der Waals surface area contributed by atoms with Crippen LogP contribution >= 0.6 is 0 Å². The highest BCUT2D eigenvalue weighted by atomic mass is 19.3. The van der Waals surface area contributed by atoms with E-state index in [4.69, 9.17) is 0 Å². The molecule has 1 aliphatic rings. The lowest BCUT2D eigenvalue weighted by atomic mass is 10.0. The monoisotopic (exact) mass is 506 g/mol. The van der Waals surface area contributed by atoms with Crippen molar-refractivity contribution in [2.45, 2.75) is 12.0 Å². The molecule has 186 valence electrons. The first-order chi connectivity index (χ1) is 17.1. The molecule has 0 aliphatic carbocycles. The van der Waals surface area contributed by atoms with Crippen molar-refractivity contribution in [2.24, 2.45) is 0 Å². The first-order valence-electron chi connectivity index (χ1n) is 10.3. The van der Waals surface area contributed by atoms with Crippen LogP contribution in [0.4, 0.5) is 45.1 Å². The van der Waals surface area contributed by atoms with E-state index in [1.54, 1.807) is 24.3 Å². The summed E-state index contributed by atoms with van der Waals surface area (Å²) in [4.78, 5) is 30.7. The maximum atomic E-state index is 14.4. The normalized spacial score (nSPS) is 15.6. The first kappa shape index (κ1) is 23.3. The van der Waals surface area contributed by atoms with Crippen LogP contribution < -0.4 is 20.8 Å². The third-order valence-corrected chi connectivity index (χ3v) is 5.30. The summed E-state index contributed by atoms with van der Waals surface area (Å²) >= 11 is 0. The summed E-state index contributed by atoms with van der Waals surface area (Å²) in [5.74, 6) is -6.88. The number of halogens is 5. The number of nitrogens with one attached hydrogen (secondary N) is 4. The van der Waals surface area contributed by atoms with Gasteiger partial charge in [0.2, 0.25) is 5.95 Å². The van der Waals surface area contributed by atoms with Gasteiger partial charge in [0.15, 0.2) is 17.4 Å². The standard InChI is InChI=1S/C22H15F5N6O3/c1-28-19(34)15-7-10-3-2-4-14(17(10)31-15)32-20-29-9-13(23)18(33-20)30-11-5-6-12-16(8-11)35-36-22(26,27)21(12,24)25/h2-9,31H,1H3,(H,28,34)(H2,29,30,32,33). The van der Waals surface area contributed by atoms with Crippen LogP contribution in [0.3, 0.4) is 0 Å². The number of H-pyrrole nitrogens is 1. The molecule has 0 bridgehead atoms. The molecule has 2 aromatic heterocycles. The van der Waals surface area contributed by atoms with Gasteiger partial charge in [0.05, 0.1) is 23.0 Å². The van der Waals surface area contributed by atoms with Crippen molar-refractivity contribution >= 4 is 40.0 Å². The average Bonchev–Trinajstić information content (AvgIpc) is 3.29. The van der Waals surface area contributed by atoms with Gasteiger partial charge in [-0.25, -0.2) is 9.37 Å². The topological polar surface area (TPSA) is 113 Å². The number of fused-ring (bicyclic) bond motifs is 2. The van der Waals surface area contributed by atoms with Gasteiger partial charge in [-0.15, -0.1) is 4.89 Å². The second-order valence-electron chi connectivity index (χ2n) is 7.64. The molecule has 4 N–H and O–H groups in total. The largest absolute Gasteiger partial charge is 0.459 e. The molecule has 36 heavy (non-hydrogen) atoms. The number of hydrogen-bond donors (Lipinski definition) is 4. The molecule has 0 radical (unpaired) electrons. The number of benzene rings is 2. The summed E-state index contributed by atoms with van der Waals surface area (Å²) in [5, 5.41) is 8.72. The summed E-state index contributed by atoms with van der Waals surface area (Å²) in [7, 11) is 1.50. The van der Waals surface area contributed by atoms with E-state index in [0.717, 1.165) is 23.7 Å². The Morgan fingerprint density at radius 3 is 2.67 bits per heavy atom.